The van der Waals surface area contributed by atoms with Gasteiger partial charge in [0.25, 0.3) is 17.3 Å². The lowest BCUT2D eigenvalue weighted by Gasteiger charge is -2.09. The maximum absolute atomic E-state index is 13.1. The van der Waals surface area contributed by atoms with E-state index in [1.165, 1.54) is 26.4 Å². The zero-order valence-electron chi connectivity index (χ0n) is 17.0. The molecule has 4 rings (SSSR count). The summed E-state index contributed by atoms with van der Waals surface area (Å²) in [4.78, 5) is 45.4. The number of hydrogen-bond acceptors (Lipinski definition) is 7. The van der Waals surface area contributed by atoms with Gasteiger partial charge in [-0.05, 0) is 29.8 Å². The average molecular weight is 473 g/mol. The van der Waals surface area contributed by atoms with Crippen LogP contribution in [0.5, 0.6) is 11.6 Å². The van der Waals surface area contributed by atoms with Gasteiger partial charge < -0.3 is 19.8 Å². The molecule has 1 aromatic carbocycles. The Morgan fingerprint density at radius 1 is 1.19 bits per heavy atom. The van der Waals surface area contributed by atoms with Crippen LogP contribution in [0, 0.1) is 0 Å². The third-order valence-electron chi connectivity index (χ3n) is 4.65. The molecule has 0 atom stereocenters. The number of thiophene rings is 1. The minimum Gasteiger partial charge on any atom is -0.491 e. The fourth-order valence-electron chi connectivity index (χ4n) is 3.08. The Hall–Kier alpha value is -3.63. The van der Waals surface area contributed by atoms with E-state index in [2.05, 4.69) is 15.3 Å². The normalized spacial score (nSPS) is 10.8. The molecule has 2 N–H and O–H groups in total. The molecule has 0 bridgehead atoms. The van der Waals surface area contributed by atoms with Crippen molar-refractivity contribution in [1.29, 1.82) is 0 Å². The lowest BCUT2D eigenvalue weighted by molar-refractivity contribution is 0.0955. The number of aromatic nitrogens is 3. The molecule has 0 saturated carbocycles. The second-order valence-electron chi connectivity index (χ2n) is 6.58. The third kappa shape index (κ3) is 3.97. The number of rotatable bonds is 6. The zero-order valence-corrected chi connectivity index (χ0v) is 18.5. The molecular weight excluding hydrogens is 456 g/mol. The lowest BCUT2D eigenvalue weighted by atomic mass is 10.2. The van der Waals surface area contributed by atoms with Crippen molar-refractivity contribution >= 4 is 39.1 Å². The maximum Gasteiger partial charge on any atom is 0.334 e. The Balaban J connectivity index is 1.69. The molecule has 32 heavy (non-hydrogen) atoms. The number of pyridine rings is 1. The number of H-pyrrole nitrogens is 1. The second kappa shape index (κ2) is 8.85. The standard InChI is InChI=1S/C21H17ClN4O5S/c1-30-14-7-8-16(25-19(14)31-2)26-20(28)17-13(24-21(26)29)9-15(32-17)18(27)23-10-11-5-3-4-6-12(11)22/h3-9H,10H2,1-2H3,(H,23,27)(H,24,29). The van der Waals surface area contributed by atoms with Gasteiger partial charge >= 0.3 is 5.69 Å². The van der Waals surface area contributed by atoms with E-state index in [4.69, 9.17) is 21.1 Å². The number of fused-ring (bicyclic) bond motifs is 1. The molecule has 0 saturated heterocycles. The first-order chi connectivity index (χ1) is 15.4. The van der Waals surface area contributed by atoms with Gasteiger partial charge in [-0.2, -0.15) is 4.98 Å². The summed E-state index contributed by atoms with van der Waals surface area (Å²) in [6.07, 6.45) is 0. The van der Waals surface area contributed by atoms with Gasteiger partial charge in [-0.15, -0.1) is 11.3 Å². The van der Waals surface area contributed by atoms with Crippen molar-refractivity contribution in [2.75, 3.05) is 14.2 Å². The van der Waals surface area contributed by atoms with Crippen molar-refractivity contribution in [3.05, 3.63) is 78.8 Å². The first-order valence-electron chi connectivity index (χ1n) is 9.32. The molecule has 1 amide bonds. The average Bonchev–Trinajstić information content (AvgIpc) is 3.22. The SMILES string of the molecule is COc1ccc(-n2c(=O)[nH]c3cc(C(=O)NCc4ccccc4Cl)sc3c2=O)nc1OC. The predicted molar refractivity (Wildman–Crippen MR) is 122 cm³/mol. The molecule has 164 valence electrons. The largest absolute Gasteiger partial charge is 0.491 e. The zero-order chi connectivity index (χ0) is 22.8. The number of carbonyl (C=O) groups excluding carboxylic acids is 1. The number of methoxy groups -OCH3 is 2. The van der Waals surface area contributed by atoms with Crippen molar-refractivity contribution in [2.24, 2.45) is 0 Å². The number of halogens is 1. The van der Waals surface area contributed by atoms with Gasteiger partial charge in [-0.1, -0.05) is 29.8 Å². The monoisotopic (exact) mass is 472 g/mol. The molecule has 0 spiro atoms. The Kier molecular flexibility index (Phi) is 5.97. The third-order valence-corrected chi connectivity index (χ3v) is 6.14. The molecule has 0 aliphatic heterocycles. The van der Waals surface area contributed by atoms with Gasteiger partial charge in [-0.25, -0.2) is 9.36 Å². The maximum atomic E-state index is 13.1. The van der Waals surface area contributed by atoms with Gasteiger partial charge in [0, 0.05) is 11.6 Å². The van der Waals surface area contributed by atoms with Crippen LogP contribution in [0.1, 0.15) is 15.2 Å². The molecule has 11 heteroatoms. The van der Waals surface area contributed by atoms with Crippen molar-refractivity contribution < 1.29 is 14.3 Å². The fraction of sp³-hybridized carbons (Fsp3) is 0.143. The van der Waals surface area contributed by atoms with Crippen LogP contribution in [0.3, 0.4) is 0 Å². The second-order valence-corrected chi connectivity index (χ2v) is 8.04. The van der Waals surface area contributed by atoms with Crippen LogP contribution in [0.4, 0.5) is 0 Å². The molecule has 0 radical (unpaired) electrons. The van der Waals surface area contributed by atoms with Gasteiger partial charge in [0.2, 0.25) is 0 Å². The van der Waals surface area contributed by atoms with Gasteiger partial charge in [0.1, 0.15) is 10.5 Å². The van der Waals surface area contributed by atoms with Gasteiger partial charge in [0.05, 0.1) is 24.6 Å². The summed E-state index contributed by atoms with van der Waals surface area (Å²) >= 11 is 7.09. The quantitative estimate of drug-likeness (QED) is 0.446. The highest BCUT2D eigenvalue weighted by molar-refractivity contribution is 7.20. The van der Waals surface area contributed by atoms with E-state index in [9.17, 15) is 14.4 Å². The van der Waals surface area contributed by atoms with Crippen LogP contribution in [0.2, 0.25) is 5.02 Å². The molecule has 4 aromatic rings. The van der Waals surface area contributed by atoms with E-state index >= 15 is 0 Å². The van der Waals surface area contributed by atoms with E-state index in [-0.39, 0.29) is 39.2 Å². The molecule has 0 aliphatic rings. The van der Waals surface area contributed by atoms with Crippen LogP contribution in [0.15, 0.2) is 52.1 Å². The summed E-state index contributed by atoms with van der Waals surface area (Å²) in [5.41, 5.74) is -0.259. The first-order valence-corrected chi connectivity index (χ1v) is 10.5. The number of hydrogen-bond donors (Lipinski definition) is 2. The minimum absolute atomic E-state index is 0.0638. The van der Waals surface area contributed by atoms with Crippen molar-refractivity contribution in [3.63, 3.8) is 0 Å². The van der Waals surface area contributed by atoms with Crippen molar-refractivity contribution in [1.82, 2.24) is 19.9 Å². The highest BCUT2D eigenvalue weighted by Crippen LogP contribution is 2.25. The number of nitrogens with zero attached hydrogens (tertiary/aromatic N) is 2. The Morgan fingerprint density at radius 2 is 1.97 bits per heavy atom. The Labute approximate surface area is 190 Å². The number of amides is 1. The molecular formula is C21H17ClN4O5S. The van der Waals surface area contributed by atoms with Crippen molar-refractivity contribution in [3.8, 4) is 17.4 Å². The summed E-state index contributed by atoms with van der Waals surface area (Å²) in [6.45, 7) is 0.225. The van der Waals surface area contributed by atoms with Crippen LogP contribution >= 0.6 is 22.9 Å². The fourth-order valence-corrected chi connectivity index (χ4v) is 4.24. The number of aromatic amines is 1. The van der Waals surface area contributed by atoms with E-state index in [1.807, 2.05) is 6.07 Å². The summed E-state index contributed by atoms with van der Waals surface area (Å²) in [7, 11) is 2.85. The summed E-state index contributed by atoms with van der Waals surface area (Å²) in [5, 5.41) is 3.31. The summed E-state index contributed by atoms with van der Waals surface area (Å²) < 4.78 is 11.4. The topological polar surface area (TPSA) is 115 Å². The van der Waals surface area contributed by atoms with Crippen molar-refractivity contribution in [2.45, 2.75) is 6.54 Å². The summed E-state index contributed by atoms with van der Waals surface area (Å²) in [6, 6.07) is 11.6. The van der Waals surface area contributed by atoms with Gasteiger partial charge in [-0.3, -0.25) is 9.59 Å². The molecule has 0 unspecified atom stereocenters. The highest BCUT2D eigenvalue weighted by Gasteiger charge is 2.18. The summed E-state index contributed by atoms with van der Waals surface area (Å²) in [5.74, 6) is 0.161. The van der Waals surface area contributed by atoms with Crippen LogP contribution in [0.25, 0.3) is 16.0 Å². The predicted octanol–water partition coefficient (Wildman–Crippen LogP) is 2.74. The smallest absolute Gasteiger partial charge is 0.334 e. The van der Waals surface area contributed by atoms with E-state index in [0.717, 1.165) is 21.5 Å². The number of ether oxygens (including phenoxy) is 2. The number of carbonyl (C=O) groups is 1. The van der Waals surface area contributed by atoms with E-state index < -0.39 is 11.2 Å². The van der Waals surface area contributed by atoms with Gasteiger partial charge in [0.15, 0.2) is 5.75 Å². The molecule has 3 heterocycles. The Bertz CT molecular complexity index is 1440. The molecule has 9 nitrogen and oxygen atoms in total. The molecule has 0 aliphatic carbocycles. The highest BCUT2D eigenvalue weighted by atomic mass is 35.5. The van der Waals surface area contributed by atoms with E-state index in [0.29, 0.717) is 10.8 Å². The number of benzene rings is 1. The molecule has 0 fully saturated rings. The lowest BCUT2D eigenvalue weighted by Crippen LogP contribution is -2.33. The van der Waals surface area contributed by atoms with E-state index in [1.54, 1.807) is 24.3 Å². The minimum atomic E-state index is -0.692. The number of nitrogens with one attached hydrogen (secondary N) is 2. The van der Waals surface area contributed by atoms with Crippen LogP contribution in [-0.4, -0.2) is 34.7 Å². The molecule has 3 aromatic heterocycles. The first kappa shape index (κ1) is 21.6. The Morgan fingerprint density at radius 3 is 2.69 bits per heavy atom. The van der Waals surface area contributed by atoms with Crippen LogP contribution < -0.4 is 26.0 Å². The van der Waals surface area contributed by atoms with Crippen LogP contribution in [-0.2, 0) is 6.54 Å².